The highest BCUT2D eigenvalue weighted by Crippen LogP contribution is 2.25. The van der Waals surface area contributed by atoms with Crippen molar-refractivity contribution in [1.82, 2.24) is 9.88 Å². The van der Waals surface area contributed by atoms with Crippen LogP contribution in [0.1, 0.15) is 37.0 Å². The predicted octanol–water partition coefficient (Wildman–Crippen LogP) is 1.92. The number of anilines is 1. The lowest BCUT2D eigenvalue weighted by atomic mass is 9.91. The van der Waals surface area contributed by atoms with Crippen LogP contribution in [0, 0.1) is 5.92 Å². The van der Waals surface area contributed by atoms with Crippen molar-refractivity contribution in [2.24, 2.45) is 5.92 Å². The summed E-state index contributed by atoms with van der Waals surface area (Å²) in [5.41, 5.74) is 6.83. The second-order valence-corrected chi connectivity index (χ2v) is 4.82. The minimum atomic E-state index is 0.0314. The van der Waals surface area contributed by atoms with E-state index in [4.69, 9.17) is 5.73 Å². The summed E-state index contributed by atoms with van der Waals surface area (Å²) in [6.45, 7) is 5.13. The highest BCUT2D eigenvalue weighted by Gasteiger charge is 2.29. The van der Waals surface area contributed by atoms with Gasteiger partial charge < -0.3 is 10.6 Å². The lowest BCUT2D eigenvalue weighted by molar-refractivity contribution is 0.0552. The molecule has 1 saturated heterocycles. The summed E-state index contributed by atoms with van der Waals surface area (Å²) >= 11 is 0. The molecule has 2 unspecified atom stereocenters. The molecular formula is C13H19N3O. The van der Waals surface area contributed by atoms with Crippen molar-refractivity contribution in [2.45, 2.75) is 32.7 Å². The van der Waals surface area contributed by atoms with Crippen LogP contribution in [0.15, 0.2) is 18.5 Å². The zero-order chi connectivity index (χ0) is 12.4. The number of rotatable bonds is 1. The maximum absolute atomic E-state index is 12.4. The van der Waals surface area contributed by atoms with E-state index in [-0.39, 0.29) is 11.9 Å². The Kier molecular flexibility index (Phi) is 3.31. The van der Waals surface area contributed by atoms with Gasteiger partial charge in [0.1, 0.15) is 0 Å². The van der Waals surface area contributed by atoms with Crippen molar-refractivity contribution in [3.05, 3.63) is 24.0 Å². The molecule has 0 saturated carbocycles. The number of nitrogens with zero attached hydrogens (tertiary/aromatic N) is 2. The van der Waals surface area contributed by atoms with Crippen LogP contribution in [-0.4, -0.2) is 28.4 Å². The van der Waals surface area contributed by atoms with Crippen molar-refractivity contribution >= 4 is 11.6 Å². The van der Waals surface area contributed by atoms with Crippen LogP contribution in [0.25, 0.3) is 0 Å². The van der Waals surface area contributed by atoms with Gasteiger partial charge in [0.2, 0.25) is 0 Å². The van der Waals surface area contributed by atoms with Gasteiger partial charge in [-0.2, -0.15) is 0 Å². The monoisotopic (exact) mass is 233 g/mol. The number of carbonyl (C=O) groups is 1. The van der Waals surface area contributed by atoms with Gasteiger partial charge in [-0.15, -0.1) is 0 Å². The normalized spacial score (nSPS) is 24.7. The molecule has 1 fully saturated rings. The van der Waals surface area contributed by atoms with E-state index in [2.05, 4.69) is 18.8 Å². The third-order valence-corrected chi connectivity index (χ3v) is 3.72. The fourth-order valence-corrected chi connectivity index (χ4v) is 2.38. The van der Waals surface area contributed by atoms with Crippen LogP contribution in [0.3, 0.4) is 0 Å². The number of nitrogens with two attached hydrogens (primary N) is 1. The fourth-order valence-electron chi connectivity index (χ4n) is 2.38. The van der Waals surface area contributed by atoms with Crippen molar-refractivity contribution in [2.75, 3.05) is 12.3 Å². The summed E-state index contributed by atoms with van der Waals surface area (Å²) in [4.78, 5) is 18.2. The summed E-state index contributed by atoms with van der Waals surface area (Å²) in [5, 5.41) is 0. The number of likely N-dealkylation sites (tertiary alicyclic amines) is 1. The molecular weight excluding hydrogens is 214 g/mol. The molecule has 1 aromatic heterocycles. The molecule has 1 amide bonds. The Labute approximate surface area is 102 Å². The van der Waals surface area contributed by atoms with Gasteiger partial charge in [0, 0.05) is 18.8 Å². The van der Waals surface area contributed by atoms with Crippen LogP contribution >= 0.6 is 0 Å². The zero-order valence-electron chi connectivity index (χ0n) is 10.4. The van der Waals surface area contributed by atoms with E-state index in [1.807, 2.05) is 4.90 Å². The quantitative estimate of drug-likeness (QED) is 0.806. The second-order valence-electron chi connectivity index (χ2n) is 4.82. The van der Waals surface area contributed by atoms with Gasteiger partial charge in [-0.1, -0.05) is 6.92 Å². The summed E-state index contributed by atoms with van der Waals surface area (Å²) in [5.74, 6) is 0.583. The Morgan fingerprint density at radius 1 is 1.53 bits per heavy atom. The molecule has 2 rings (SSSR count). The van der Waals surface area contributed by atoms with Crippen LogP contribution < -0.4 is 5.73 Å². The van der Waals surface area contributed by atoms with Gasteiger partial charge in [-0.25, -0.2) is 0 Å². The standard InChI is InChI=1S/C13H19N3O/c1-9-4-3-7-16(10(9)2)13(17)11-5-6-15-8-12(11)14/h5-6,8-10H,3-4,7,14H2,1-2H3. The van der Waals surface area contributed by atoms with E-state index in [0.29, 0.717) is 17.2 Å². The molecule has 2 atom stereocenters. The van der Waals surface area contributed by atoms with Crippen LogP contribution in [0.4, 0.5) is 5.69 Å². The van der Waals surface area contributed by atoms with Gasteiger partial charge in [0.25, 0.3) is 5.91 Å². The Bertz CT molecular complexity index is 419. The number of amides is 1. The molecule has 2 heterocycles. The van der Waals surface area contributed by atoms with Gasteiger partial charge in [0.15, 0.2) is 0 Å². The number of nitrogen functional groups attached to an aromatic ring is 1. The molecule has 0 aliphatic carbocycles. The van der Waals surface area contributed by atoms with Crippen LogP contribution in [0.5, 0.6) is 0 Å². The molecule has 1 aliphatic heterocycles. The Hall–Kier alpha value is -1.58. The number of aromatic nitrogens is 1. The smallest absolute Gasteiger partial charge is 0.256 e. The van der Waals surface area contributed by atoms with E-state index in [1.54, 1.807) is 12.3 Å². The Morgan fingerprint density at radius 3 is 3.00 bits per heavy atom. The van der Waals surface area contributed by atoms with Crippen LogP contribution in [0.2, 0.25) is 0 Å². The number of piperidine rings is 1. The maximum Gasteiger partial charge on any atom is 0.256 e. The molecule has 4 nitrogen and oxygen atoms in total. The molecule has 0 aromatic carbocycles. The minimum Gasteiger partial charge on any atom is -0.397 e. The number of pyridine rings is 1. The highest BCUT2D eigenvalue weighted by molar-refractivity contribution is 5.99. The lowest BCUT2D eigenvalue weighted by Crippen LogP contribution is -2.46. The van der Waals surface area contributed by atoms with E-state index >= 15 is 0 Å². The van der Waals surface area contributed by atoms with E-state index < -0.39 is 0 Å². The van der Waals surface area contributed by atoms with Gasteiger partial charge in [0.05, 0.1) is 17.4 Å². The summed E-state index contributed by atoms with van der Waals surface area (Å²) in [6.07, 6.45) is 5.41. The van der Waals surface area contributed by atoms with Crippen molar-refractivity contribution < 1.29 is 4.79 Å². The van der Waals surface area contributed by atoms with E-state index in [1.165, 1.54) is 12.6 Å². The van der Waals surface area contributed by atoms with E-state index in [0.717, 1.165) is 13.0 Å². The number of carbonyl (C=O) groups excluding carboxylic acids is 1. The first-order valence-electron chi connectivity index (χ1n) is 6.11. The third-order valence-electron chi connectivity index (χ3n) is 3.72. The molecule has 0 spiro atoms. The molecule has 0 bridgehead atoms. The van der Waals surface area contributed by atoms with Crippen molar-refractivity contribution in [1.29, 1.82) is 0 Å². The van der Waals surface area contributed by atoms with E-state index in [9.17, 15) is 4.79 Å². The third kappa shape index (κ3) is 2.25. The van der Waals surface area contributed by atoms with Crippen LogP contribution in [-0.2, 0) is 0 Å². The predicted molar refractivity (Wildman–Crippen MR) is 67.5 cm³/mol. The number of hydrogen-bond acceptors (Lipinski definition) is 3. The second kappa shape index (κ2) is 4.73. The molecule has 92 valence electrons. The first-order valence-corrected chi connectivity index (χ1v) is 6.11. The fraction of sp³-hybridized carbons (Fsp3) is 0.538. The molecule has 1 aromatic rings. The SMILES string of the molecule is CC1CCCN(C(=O)c2ccncc2N)C1C. The molecule has 17 heavy (non-hydrogen) atoms. The summed E-state index contributed by atoms with van der Waals surface area (Å²) in [6, 6.07) is 1.98. The molecule has 4 heteroatoms. The van der Waals surface area contributed by atoms with Gasteiger partial charge >= 0.3 is 0 Å². The average Bonchev–Trinajstić information content (AvgIpc) is 2.32. The molecule has 1 aliphatic rings. The Balaban J connectivity index is 2.23. The Morgan fingerprint density at radius 2 is 2.29 bits per heavy atom. The van der Waals surface area contributed by atoms with Crippen molar-refractivity contribution in [3.63, 3.8) is 0 Å². The lowest BCUT2D eigenvalue weighted by Gasteiger charge is -2.38. The summed E-state index contributed by atoms with van der Waals surface area (Å²) < 4.78 is 0. The molecule has 2 N–H and O–H groups in total. The van der Waals surface area contributed by atoms with Gasteiger partial charge in [-0.3, -0.25) is 9.78 Å². The largest absolute Gasteiger partial charge is 0.397 e. The number of hydrogen-bond donors (Lipinski definition) is 1. The zero-order valence-corrected chi connectivity index (χ0v) is 10.4. The average molecular weight is 233 g/mol. The first-order chi connectivity index (χ1) is 8.11. The van der Waals surface area contributed by atoms with Crippen molar-refractivity contribution in [3.8, 4) is 0 Å². The van der Waals surface area contributed by atoms with Gasteiger partial charge in [-0.05, 0) is 31.7 Å². The first kappa shape index (κ1) is 11.9. The summed E-state index contributed by atoms with van der Waals surface area (Å²) in [7, 11) is 0. The maximum atomic E-state index is 12.4. The molecule has 0 radical (unpaired) electrons. The highest BCUT2D eigenvalue weighted by atomic mass is 16.2. The minimum absolute atomic E-state index is 0.0314. The topological polar surface area (TPSA) is 59.2 Å².